The van der Waals surface area contributed by atoms with Gasteiger partial charge in [0.1, 0.15) is 0 Å². The fourth-order valence-corrected chi connectivity index (χ4v) is 2.36. The molecule has 2 aliphatic heterocycles. The van der Waals surface area contributed by atoms with Crippen molar-refractivity contribution in [3.8, 4) is 0 Å². The molecule has 4 atom stereocenters. The maximum absolute atomic E-state index is 5.64. The van der Waals surface area contributed by atoms with E-state index in [1.165, 1.54) is 12.8 Å². The van der Waals surface area contributed by atoms with Gasteiger partial charge in [-0.2, -0.15) is 0 Å². The van der Waals surface area contributed by atoms with E-state index in [0.717, 1.165) is 25.0 Å². The van der Waals surface area contributed by atoms with Crippen LogP contribution in [0.25, 0.3) is 0 Å². The molecule has 0 aromatic carbocycles. The highest BCUT2D eigenvalue weighted by Crippen LogP contribution is 2.33. The van der Waals surface area contributed by atoms with E-state index in [9.17, 15) is 0 Å². The lowest BCUT2D eigenvalue weighted by Crippen LogP contribution is -2.41. The minimum absolute atomic E-state index is 0.447. The minimum atomic E-state index is 0.447. The van der Waals surface area contributed by atoms with Crippen LogP contribution in [-0.4, -0.2) is 25.4 Å². The molecule has 2 fully saturated rings. The van der Waals surface area contributed by atoms with E-state index in [1.54, 1.807) is 0 Å². The molecule has 70 valence electrons. The first-order valence-corrected chi connectivity index (χ1v) is 4.99. The Bertz CT molecular complexity index is 140. The zero-order valence-corrected chi connectivity index (χ0v) is 7.95. The third-order valence-electron chi connectivity index (χ3n) is 3.13. The van der Waals surface area contributed by atoms with Crippen molar-refractivity contribution < 1.29 is 9.47 Å². The van der Waals surface area contributed by atoms with Crippen LogP contribution >= 0.6 is 0 Å². The Balaban J connectivity index is 1.94. The van der Waals surface area contributed by atoms with Gasteiger partial charge in [0, 0.05) is 0 Å². The largest absolute Gasteiger partial charge is 0.378 e. The van der Waals surface area contributed by atoms with Gasteiger partial charge in [-0.1, -0.05) is 0 Å². The standard InChI is InChI=1S/C10H18O2/c1-7-3-9-6-12-8(2)4-10(9)5-11-7/h7-10H,3-6H2,1-2H3. The molecule has 2 saturated heterocycles. The lowest BCUT2D eigenvalue weighted by Gasteiger charge is -2.40. The Morgan fingerprint density at radius 2 is 1.25 bits per heavy atom. The predicted octanol–water partition coefficient (Wildman–Crippen LogP) is 1.84. The summed E-state index contributed by atoms with van der Waals surface area (Å²) in [4.78, 5) is 0. The highest BCUT2D eigenvalue weighted by Gasteiger charge is 2.34. The van der Waals surface area contributed by atoms with Crippen LogP contribution in [-0.2, 0) is 9.47 Å². The van der Waals surface area contributed by atoms with Crippen LogP contribution in [0.15, 0.2) is 0 Å². The summed E-state index contributed by atoms with van der Waals surface area (Å²) in [7, 11) is 0. The SMILES string of the molecule is CC1CC2COC(C)CC2CO1. The predicted molar refractivity (Wildman–Crippen MR) is 47.0 cm³/mol. The smallest absolute Gasteiger partial charge is 0.0550 e. The summed E-state index contributed by atoms with van der Waals surface area (Å²) < 4.78 is 11.3. The second kappa shape index (κ2) is 3.35. The van der Waals surface area contributed by atoms with Crippen LogP contribution in [0.2, 0.25) is 0 Å². The second-order valence-corrected chi connectivity index (χ2v) is 4.28. The maximum atomic E-state index is 5.64. The van der Waals surface area contributed by atoms with Crippen LogP contribution in [0, 0.1) is 11.8 Å². The maximum Gasteiger partial charge on any atom is 0.0550 e. The lowest BCUT2D eigenvalue weighted by molar-refractivity contribution is -0.117. The average molecular weight is 170 g/mol. The van der Waals surface area contributed by atoms with E-state index in [-0.39, 0.29) is 0 Å². The van der Waals surface area contributed by atoms with Gasteiger partial charge in [-0.25, -0.2) is 0 Å². The lowest BCUT2D eigenvalue weighted by atomic mass is 9.81. The molecule has 0 radical (unpaired) electrons. The van der Waals surface area contributed by atoms with Crippen molar-refractivity contribution in [1.82, 2.24) is 0 Å². The van der Waals surface area contributed by atoms with E-state index < -0.39 is 0 Å². The summed E-state index contributed by atoms with van der Waals surface area (Å²) in [5.74, 6) is 1.54. The molecule has 0 amide bonds. The van der Waals surface area contributed by atoms with E-state index >= 15 is 0 Å². The van der Waals surface area contributed by atoms with Crippen LogP contribution in [0.4, 0.5) is 0 Å². The average Bonchev–Trinajstić information content (AvgIpc) is 2.05. The van der Waals surface area contributed by atoms with Crippen molar-refractivity contribution in [3.05, 3.63) is 0 Å². The minimum Gasteiger partial charge on any atom is -0.378 e. The van der Waals surface area contributed by atoms with Crippen molar-refractivity contribution in [2.45, 2.75) is 38.9 Å². The van der Waals surface area contributed by atoms with Gasteiger partial charge in [-0.15, -0.1) is 0 Å². The molecule has 2 heterocycles. The fourth-order valence-electron chi connectivity index (χ4n) is 2.36. The topological polar surface area (TPSA) is 18.5 Å². The van der Waals surface area contributed by atoms with E-state index in [0.29, 0.717) is 12.2 Å². The molecule has 4 unspecified atom stereocenters. The monoisotopic (exact) mass is 170 g/mol. The summed E-state index contributed by atoms with van der Waals surface area (Å²) in [6.45, 7) is 6.24. The van der Waals surface area contributed by atoms with Crippen molar-refractivity contribution in [2.24, 2.45) is 11.8 Å². The molecular formula is C10H18O2. The van der Waals surface area contributed by atoms with Gasteiger partial charge in [-0.3, -0.25) is 0 Å². The van der Waals surface area contributed by atoms with E-state index in [4.69, 9.17) is 9.47 Å². The highest BCUT2D eigenvalue weighted by molar-refractivity contribution is 4.81. The molecule has 0 aliphatic carbocycles. The van der Waals surface area contributed by atoms with Gasteiger partial charge in [-0.05, 0) is 38.5 Å². The van der Waals surface area contributed by atoms with E-state index in [1.807, 2.05) is 0 Å². The molecule has 0 N–H and O–H groups in total. The summed E-state index contributed by atoms with van der Waals surface area (Å²) in [6, 6.07) is 0. The molecule has 0 aromatic rings. The Labute approximate surface area is 74.2 Å². The van der Waals surface area contributed by atoms with E-state index in [2.05, 4.69) is 13.8 Å². The van der Waals surface area contributed by atoms with Crippen molar-refractivity contribution in [2.75, 3.05) is 13.2 Å². The van der Waals surface area contributed by atoms with Gasteiger partial charge in [0.25, 0.3) is 0 Å². The Hall–Kier alpha value is -0.0800. The zero-order valence-electron chi connectivity index (χ0n) is 7.95. The Morgan fingerprint density at radius 3 is 1.67 bits per heavy atom. The summed E-state index contributed by atoms with van der Waals surface area (Å²) >= 11 is 0. The second-order valence-electron chi connectivity index (χ2n) is 4.28. The van der Waals surface area contributed by atoms with Gasteiger partial charge in [0.2, 0.25) is 0 Å². The van der Waals surface area contributed by atoms with Gasteiger partial charge in [0.05, 0.1) is 25.4 Å². The summed E-state index contributed by atoms with van der Waals surface area (Å²) in [6.07, 6.45) is 3.28. The molecule has 2 rings (SSSR count). The summed E-state index contributed by atoms with van der Waals surface area (Å²) in [5, 5.41) is 0. The number of fused-ring (bicyclic) bond motifs is 1. The van der Waals surface area contributed by atoms with Crippen molar-refractivity contribution in [1.29, 1.82) is 0 Å². The van der Waals surface area contributed by atoms with Crippen molar-refractivity contribution >= 4 is 0 Å². The third-order valence-corrected chi connectivity index (χ3v) is 3.13. The molecule has 0 bridgehead atoms. The van der Waals surface area contributed by atoms with Gasteiger partial charge >= 0.3 is 0 Å². The molecule has 0 spiro atoms. The third kappa shape index (κ3) is 1.64. The highest BCUT2D eigenvalue weighted by atomic mass is 16.5. The number of rotatable bonds is 0. The number of hydrogen-bond acceptors (Lipinski definition) is 2. The molecule has 12 heavy (non-hydrogen) atoms. The first-order chi connectivity index (χ1) is 5.75. The molecule has 2 heteroatoms. The van der Waals surface area contributed by atoms with Gasteiger partial charge in [0.15, 0.2) is 0 Å². The van der Waals surface area contributed by atoms with Crippen LogP contribution in [0.1, 0.15) is 26.7 Å². The first-order valence-electron chi connectivity index (χ1n) is 4.99. The molecule has 0 saturated carbocycles. The van der Waals surface area contributed by atoms with Crippen molar-refractivity contribution in [3.63, 3.8) is 0 Å². The van der Waals surface area contributed by atoms with Crippen LogP contribution < -0.4 is 0 Å². The molecule has 2 nitrogen and oxygen atoms in total. The molecule has 0 aromatic heterocycles. The summed E-state index contributed by atoms with van der Waals surface area (Å²) in [5.41, 5.74) is 0. The molecular weight excluding hydrogens is 152 g/mol. The number of hydrogen-bond donors (Lipinski definition) is 0. The van der Waals surface area contributed by atoms with Crippen LogP contribution in [0.3, 0.4) is 0 Å². The Kier molecular flexibility index (Phi) is 2.37. The zero-order chi connectivity index (χ0) is 8.55. The van der Waals surface area contributed by atoms with Crippen LogP contribution in [0.5, 0.6) is 0 Å². The Morgan fingerprint density at radius 1 is 0.833 bits per heavy atom. The van der Waals surface area contributed by atoms with Gasteiger partial charge < -0.3 is 9.47 Å². The molecule has 2 aliphatic rings. The fraction of sp³-hybridized carbons (Fsp3) is 1.00. The normalized spacial score (nSPS) is 48.5. The first kappa shape index (κ1) is 8.52. The number of ether oxygens (including phenoxy) is 2. The quantitative estimate of drug-likeness (QED) is 0.552.